The summed E-state index contributed by atoms with van der Waals surface area (Å²) in [6, 6.07) is 13.4. The molecule has 0 radical (unpaired) electrons. The van der Waals surface area contributed by atoms with E-state index in [1.54, 1.807) is 17.0 Å². The third-order valence-electron chi connectivity index (χ3n) is 6.61. The van der Waals surface area contributed by atoms with Crippen molar-refractivity contribution in [2.75, 3.05) is 31.1 Å². The van der Waals surface area contributed by atoms with Gasteiger partial charge in [0.2, 0.25) is 5.91 Å². The average molecular weight is 464 g/mol. The number of amides is 3. The molecule has 2 aromatic carbocycles. The number of carboxylic acids is 1. The Balaban J connectivity index is 1.34. The molecule has 0 unspecified atom stereocenters. The first-order chi connectivity index (χ1) is 16.3. The van der Waals surface area contributed by atoms with Gasteiger partial charge in [0.15, 0.2) is 0 Å². The van der Waals surface area contributed by atoms with E-state index in [1.165, 1.54) is 17.7 Å². The summed E-state index contributed by atoms with van der Waals surface area (Å²) < 4.78 is 0. The van der Waals surface area contributed by atoms with Crippen molar-refractivity contribution in [3.05, 3.63) is 65.2 Å². The summed E-state index contributed by atoms with van der Waals surface area (Å²) in [5.41, 5.74) is 2.79. The fourth-order valence-corrected chi connectivity index (χ4v) is 4.56. The van der Waals surface area contributed by atoms with Crippen molar-refractivity contribution in [1.29, 1.82) is 0 Å². The van der Waals surface area contributed by atoms with Crippen LogP contribution >= 0.6 is 0 Å². The molecule has 2 aliphatic rings. The highest BCUT2D eigenvalue weighted by Gasteiger charge is 2.42. The van der Waals surface area contributed by atoms with E-state index in [0.717, 1.165) is 10.6 Å². The van der Waals surface area contributed by atoms with E-state index in [-0.39, 0.29) is 29.9 Å². The molecule has 2 aliphatic heterocycles. The summed E-state index contributed by atoms with van der Waals surface area (Å²) in [6.07, 6.45) is -0.163. The van der Waals surface area contributed by atoms with Gasteiger partial charge in [-0.1, -0.05) is 38.1 Å². The molecule has 1 atom stereocenters. The van der Waals surface area contributed by atoms with Crippen LogP contribution in [0.25, 0.3) is 0 Å². The number of fused-ring (bicyclic) bond motifs is 1. The predicted molar refractivity (Wildman–Crippen MR) is 127 cm³/mol. The number of hydrogen-bond acceptors (Lipinski definition) is 5. The van der Waals surface area contributed by atoms with Gasteiger partial charge in [0.25, 0.3) is 11.8 Å². The molecule has 1 saturated heterocycles. The van der Waals surface area contributed by atoms with Crippen molar-refractivity contribution < 1.29 is 24.3 Å². The van der Waals surface area contributed by atoms with E-state index in [4.69, 9.17) is 0 Å². The van der Waals surface area contributed by atoms with Crippen molar-refractivity contribution in [2.24, 2.45) is 0 Å². The van der Waals surface area contributed by atoms with E-state index < -0.39 is 23.8 Å². The number of aliphatic carboxylic acids is 1. The van der Waals surface area contributed by atoms with Gasteiger partial charge < -0.3 is 14.9 Å². The molecule has 1 N–H and O–H groups in total. The first-order valence-corrected chi connectivity index (χ1v) is 11.6. The summed E-state index contributed by atoms with van der Waals surface area (Å²) >= 11 is 0. The fourth-order valence-electron chi connectivity index (χ4n) is 4.56. The first kappa shape index (κ1) is 23.5. The van der Waals surface area contributed by atoms with Gasteiger partial charge in [-0.25, -0.2) is 4.79 Å². The normalized spacial score (nSPS) is 16.7. The topological polar surface area (TPSA) is 98.2 Å². The molecule has 0 aliphatic carbocycles. The second-order valence-corrected chi connectivity index (χ2v) is 9.03. The number of rotatable bonds is 7. The number of carbonyl (C=O) groups excluding carboxylic acids is 3. The fraction of sp³-hybridized carbons (Fsp3) is 0.385. The van der Waals surface area contributed by atoms with Gasteiger partial charge in [0, 0.05) is 38.3 Å². The van der Waals surface area contributed by atoms with Crippen LogP contribution in [0.3, 0.4) is 0 Å². The number of hydrogen-bond donors (Lipinski definition) is 1. The minimum absolute atomic E-state index is 0.0482. The summed E-state index contributed by atoms with van der Waals surface area (Å²) in [5, 5.41) is 9.71. The molecule has 34 heavy (non-hydrogen) atoms. The van der Waals surface area contributed by atoms with Crippen molar-refractivity contribution in [3.63, 3.8) is 0 Å². The molecular weight excluding hydrogens is 434 g/mol. The summed E-state index contributed by atoms with van der Waals surface area (Å²) in [4.78, 5) is 54.8. The van der Waals surface area contributed by atoms with Gasteiger partial charge >= 0.3 is 5.97 Å². The van der Waals surface area contributed by atoms with Crippen LogP contribution in [0.1, 0.15) is 58.9 Å². The van der Waals surface area contributed by atoms with Crippen molar-refractivity contribution in [1.82, 2.24) is 9.80 Å². The van der Waals surface area contributed by atoms with Crippen molar-refractivity contribution >= 4 is 29.4 Å². The smallest absolute Gasteiger partial charge is 0.326 e. The molecule has 0 spiro atoms. The maximum atomic E-state index is 12.8. The molecule has 178 valence electrons. The third kappa shape index (κ3) is 4.53. The molecule has 2 aromatic rings. The SMILES string of the molecule is CC(C)c1ccc(N2CCN(C(=O)CC[C@@H](C(=O)O)N3C(=O)c4ccccc4C3=O)CC2)cc1. The van der Waals surface area contributed by atoms with Crippen molar-refractivity contribution in [2.45, 2.75) is 38.6 Å². The lowest BCUT2D eigenvalue weighted by Gasteiger charge is -2.36. The van der Waals surface area contributed by atoms with E-state index in [2.05, 4.69) is 43.0 Å². The molecule has 3 amide bonds. The molecule has 0 aromatic heterocycles. The summed E-state index contributed by atoms with van der Waals surface area (Å²) in [7, 11) is 0. The Morgan fingerprint density at radius 3 is 1.94 bits per heavy atom. The van der Waals surface area contributed by atoms with E-state index >= 15 is 0 Å². The van der Waals surface area contributed by atoms with E-state index in [9.17, 15) is 24.3 Å². The van der Waals surface area contributed by atoms with Gasteiger partial charge in [-0.3, -0.25) is 19.3 Å². The standard InChI is InChI=1S/C26H29N3O5/c1-17(2)18-7-9-19(10-8-18)27-13-15-28(16-14-27)23(30)12-11-22(26(33)34)29-24(31)20-5-3-4-6-21(20)25(29)32/h3-10,17,22H,11-16H2,1-2H3,(H,33,34)/t22-/m0/s1. The van der Waals surface area contributed by atoms with Crippen LogP contribution in [0.15, 0.2) is 48.5 Å². The maximum Gasteiger partial charge on any atom is 0.326 e. The van der Waals surface area contributed by atoms with Gasteiger partial charge in [0.05, 0.1) is 11.1 Å². The van der Waals surface area contributed by atoms with Gasteiger partial charge in [0.1, 0.15) is 6.04 Å². The molecule has 0 saturated carbocycles. The molecule has 4 rings (SSSR count). The van der Waals surface area contributed by atoms with Crippen LogP contribution in [-0.4, -0.2) is 70.8 Å². The third-order valence-corrected chi connectivity index (χ3v) is 6.61. The van der Waals surface area contributed by atoms with Crippen LogP contribution in [-0.2, 0) is 9.59 Å². The number of carbonyl (C=O) groups is 4. The number of carboxylic acid groups (broad SMARTS) is 1. The Kier molecular flexibility index (Phi) is 6.68. The zero-order chi connectivity index (χ0) is 24.4. The molecule has 2 heterocycles. The Hall–Kier alpha value is -3.68. The lowest BCUT2D eigenvalue weighted by atomic mass is 10.0. The highest BCUT2D eigenvalue weighted by molar-refractivity contribution is 6.22. The zero-order valence-corrected chi connectivity index (χ0v) is 19.4. The van der Waals surface area contributed by atoms with Crippen LogP contribution < -0.4 is 4.90 Å². The molecule has 1 fully saturated rings. The number of benzene rings is 2. The molecule has 0 bridgehead atoms. The second-order valence-electron chi connectivity index (χ2n) is 9.03. The van der Waals surface area contributed by atoms with Gasteiger partial charge in [-0.15, -0.1) is 0 Å². The number of anilines is 1. The van der Waals surface area contributed by atoms with Crippen LogP contribution in [0.2, 0.25) is 0 Å². The first-order valence-electron chi connectivity index (χ1n) is 11.6. The highest BCUT2D eigenvalue weighted by Crippen LogP contribution is 2.27. The Labute approximate surface area is 198 Å². The van der Waals surface area contributed by atoms with E-state index in [0.29, 0.717) is 32.1 Å². The minimum atomic E-state index is -1.38. The van der Waals surface area contributed by atoms with Crippen molar-refractivity contribution in [3.8, 4) is 0 Å². The lowest BCUT2D eigenvalue weighted by Crippen LogP contribution is -2.49. The second kappa shape index (κ2) is 9.67. The minimum Gasteiger partial charge on any atom is -0.480 e. The van der Waals surface area contributed by atoms with Crippen LogP contribution in [0.4, 0.5) is 5.69 Å². The number of imide groups is 1. The van der Waals surface area contributed by atoms with E-state index in [1.807, 2.05) is 0 Å². The molecular formula is C26H29N3O5. The van der Waals surface area contributed by atoms with Crippen LogP contribution in [0, 0.1) is 0 Å². The summed E-state index contributed by atoms with van der Waals surface area (Å²) in [6.45, 7) is 6.76. The highest BCUT2D eigenvalue weighted by atomic mass is 16.4. The predicted octanol–water partition coefficient (Wildman–Crippen LogP) is 2.99. The lowest BCUT2D eigenvalue weighted by molar-refractivity contribution is -0.142. The molecule has 8 heteroatoms. The zero-order valence-electron chi connectivity index (χ0n) is 19.4. The largest absolute Gasteiger partial charge is 0.480 e. The van der Waals surface area contributed by atoms with Gasteiger partial charge in [-0.05, 0) is 42.2 Å². The Bertz CT molecular complexity index is 1070. The molecule has 8 nitrogen and oxygen atoms in total. The average Bonchev–Trinajstić information content (AvgIpc) is 3.09. The summed E-state index contributed by atoms with van der Waals surface area (Å²) in [5.74, 6) is -2.25. The Morgan fingerprint density at radius 2 is 1.44 bits per heavy atom. The monoisotopic (exact) mass is 463 g/mol. The van der Waals surface area contributed by atoms with Crippen LogP contribution in [0.5, 0.6) is 0 Å². The van der Waals surface area contributed by atoms with Gasteiger partial charge in [-0.2, -0.15) is 0 Å². The Morgan fingerprint density at radius 1 is 0.882 bits per heavy atom. The maximum absolute atomic E-state index is 12.8. The quantitative estimate of drug-likeness (QED) is 0.634. The number of nitrogens with zero attached hydrogens (tertiary/aromatic N) is 3. The number of piperazine rings is 1.